The number of thiol groups is 1. The van der Waals surface area contributed by atoms with Gasteiger partial charge in [0, 0.05) is 14.7 Å². The Bertz CT molecular complexity index is 973. The summed E-state index contributed by atoms with van der Waals surface area (Å²) in [6.07, 6.45) is 0. The van der Waals surface area contributed by atoms with Crippen LogP contribution in [0.3, 0.4) is 0 Å². The second kappa shape index (κ2) is 5.71. The lowest BCUT2D eigenvalue weighted by atomic mass is 10.1. The van der Waals surface area contributed by atoms with Gasteiger partial charge in [0.1, 0.15) is 0 Å². The molecule has 0 unspecified atom stereocenters. The highest BCUT2D eigenvalue weighted by Gasteiger charge is 2.06. The van der Waals surface area contributed by atoms with Crippen molar-refractivity contribution in [1.29, 1.82) is 0 Å². The van der Waals surface area contributed by atoms with Gasteiger partial charge >= 0.3 is 0 Å². The third-order valence-electron chi connectivity index (χ3n) is 3.81. The molecule has 4 rings (SSSR count). The Kier molecular flexibility index (Phi) is 3.57. The SMILES string of the molecule is Sc1c(Sc2ccc3ccccc3c2)ccc2ccccc12. The monoisotopic (exact) mass is 318 g/mol. The van der Waals surface area contributed by atoms with Gasteiger partial charge in [-0.3, -0.25) is 0 Å². The maximum atomic E-state index is 4.75. The lowest BCUT2D eigenvalue weighted by Gasteiger charge is -2.09. The molecule has 0 nitrogen and oxygen atoms in total. The van der Waals surface area contributed by atoms with Crippen LogP contribution in [0.4, 0.5) is 0 Å². The molecule has 4 aromatic carbocycles. The lowest BCUT2D eigenvalue weighted by Crippen LogP contribution is -1.81. The summed E-state index contributed by atoms with van der Waals surface area (Å²) in [5.74, 6) is 0. The smallest absolute Gasteiger partial charge is 0.0262 e. The third kappa shape index (κ3) is 2.49. The molecule has 4 aromatic rings. The first-order valence-corrected chi connectivity index (χ1v) is 8.45. The van der Waals surface area contributed by atoms with Gasteiger partial charge < -0.3 is 0 Å². The van der Waals surface area contributed by atoms with Crippen molar-refractivity contribution in [2.45, 2.75) is 14.7 Å². The second-order valence-corrected chi connectivity index (χ2v) is 6.81. The molecule has 0 saturated heterocycles. The van der Waals surface area contributed by atoms with Gasteiger partial charge in [-0.1, -0.05) is 72.4 Å². The number of rotatable bonds is 2. The van der Waals surface area contributed by atoms with E-state index in [-0.39, 0.29) is 0 Å². The van der Waals surface area contributed by atoms with E-state index in [1.54, 1.807) is 11.8 Å². The summed E-state index contributed by atoms with van der Waals surface area (Å²) in [6, 6.07) is 27.7. The van der Waals surface area contributed by atoms with Crippen molar-refractivity contribution < 1.29 is 0 Å². The highest BCUT2D eigenvalue weighted by atomic mass is 32.2. The molecule has 0 spiro atoms. The molecule has 0 aliphatic rings. The van der Waals surface area contributed by atoms with E-state index in [2.05, 4.69) is 78.9 Å². The minimum atomic E-state index is 1.05. The highest BCUT2D eigenvalue weighted by Crippen LogP contribution is 2.37. The summed E-state index contributed by atoms with van der Waals surface area (Å²) in [5, 5.41) is 4.98. The van der Waals surface area contributed by atoms with Gasteiger partial charge in [-0.05, 0) is 39.7 Å². The Hall–Kier alpha value is -1.90. The Labute approximate surface area is 139 Å². The summed E-state index contributed by atoms with van der Waals surface area (Å²) in [4.78, 5) is 3.48. The van der Waals surface area contributed by atoms with E-state index >= 15 is 0 Å². The Balaban J connectivity index is 1.77. The zero-order chi connectivity index (χ0) is 14.9. The molecule has 0 heterocycles. The van der Waals surface area contributed by atoms with Gasteiger partial charge in [0.25, 0.3) is 0 Å². The van der Waals surface area contributed by atoms with Crippen molar-refractivity contribution in [3.8, 4) is 0 Å². The molecule has 0 aliphatic heterocycles. The molecule has 0 radical (unpaired) electrons. The van der Waals surface area contributed by atoms with E-state index in [1.165, 1.54) is 31.3 Å². The fourth-order valence-corrected chi connectivity index (χ4v) is 4.01. The molecule has 0 aromatic heterocycles. The van der Waals surface area contributed by atoms with Crippen LogP contribution in [-0.2, 0) is 0 Å². The molecule has 0 fully saturated rings. The van der Waals surface area contributed by atoms with Crippen molar-refractivity contribution in [2.75, 3.05) is 0 Å². The first kappa shape index (κ1) is 13.7. The van der Waals surface area contributed by atoms with E-state index < -0.39 is 0 Å². The van der Waals surface area contributed by atoms with Crippen LogP contribution in [0, 0.1) is 0 Å². The molecule has 0 bridgehead atoms. The van der Waals surface area contributed by atoms with Crippen molar-refractivity contribution >= 4 is 45.9 Å². The van der Waals surface area contributed by atoms with Crippen LogP contribution in [0.1, 0.15) is 0 Å². The predicted octanol–water partition coefficient (Wildman–Crippen LogP) is 6.43. The molecule has 0 amide bonds. The predicted molar refractivity (Wildman–Crippen MR) is 99.3 cm³/mol. The molecule has 0 aliphatic carbocycles. The van der Waals surface area contributed by atoms with Crippen LogP contribution >= 0.6 is 24.4 Å². The zero-order valence-electron chi connectivity index (χ0n) is 11.9. The molecular weight excluding hydrogens is 304 g/mol. The molecule has 106 valence electrons. The van der Waals surface area contributed by atoms with Gasteiger partial charge in [-0.25, -0.2) is 0 Å². The van der Waals surface area contributed by atoms with E-state index in [0.29, 0.717) is 0 Å². The van der Waals surface area contributed by atoms with Gasteiger partial charge in [-0.2, -0.15) is 0 Å². The standard InChI is InChI=1S/C20H14S2/c21-20-18-8-4-3-6-15(18)10-12-19(20)22-17-11-9-14-5-1-2-7-16(14)13-17/h1-13,21H. The average molecular weight is 318 g/mol. The first-order chi connectivity index (χ1) is 10.8. The molecular formula is C20H14S2. The van der Waals surface area contributed by atoms with Crippen molar-refractivity contribution in [2.24, 2.45) is 0 Å². The van der Waals surface area contributed by atoms with Crippen LogP contribution in [-0.4, -0.2) is 0 Å². The molecule has 0 atom stereocenters. The highest BCUT2D eigenvalue weighted by molar-refractivity contribution is 7.99. The molecule has 22 heavy (non-hydrogen) atoms. The number of benzene rings is 4. The second-order valence-electron chi connectivity index (χ2n) is 5.24. The summed E-state index contributed by atoms with van der Waals surface area (Å²) in [7, 11) is 0. The fraction of sp³-hybridized carbons (Fsp3) is 0. The summed E-state index contributed by atoms with van der Waals surface area (Å²) >= 11 is 6.51. The van der Waals surface area contributed by atoms with Gasteiger partial charge in [0.05, 0.1) is 0 Å². The number of fused-ring (bicyclic) bond motifs is 2. The maximum Gasteiger partial charge on any atom is 0.0262 e. The van der Waals surface area contributed by atoms with Gasteiger partial charge in [0.2, 0.25) is 0 Å². The van der Waals surface area contributed by atoms with Crippen LogP contribution < -0.4 is 0 Å². The topological polar surface area (TPSA) is 0 Å². The Morgan fingerprint density at radius 2 is 1.32 bits per heavy atom. The first-order valence-electron chi connectivity index (χ1n) is 7.19. The minimum absolute atomic E-state index is 1.05. The van der Waals surface area contributed by atoms with Crippen molar-refractivity contribution in [3.05, 3.63) is 78.9 Å². The van der Waals surface area contributed by atoms with Crippen LogP contribution in [0.25, 0.3) is 21.5 Å². The van der Waals surface area contributed by atoms with Crippen LogP contribution in [0.15, 0.2) is 93.5 Å². The maximum absolute atomic E-state index is 4.75. The molecule has 0 saturated carbocycles. The van der Waals surface area contributed by atoms with E-state index in [4.69, 9.17) is 12.6 Å². The van der Waals surface area contributed by atoms with Gasteiger partial charge in [0.15, 0.2) is 0 Å². The molecule has 2 heteroatoms. The third-order valence-corrected chi connectivity index (χ3v) is 5.50. The summed E-state index contributed by atoms with van der Waals surface area (Å²) in [5.41, 5.74) is 0. The number of hydrogen-bond donors (Lipinski definition) is 1. The van der Waals surface area contributed by atoms with Crippen LogP contribution in [0.2, 0.25) is 0 Å². The van der Waals surface area contributed by atoms with E-state index in [0.717, 1.165) is 4.90 Å². The minimum Gasteiger partial charge on any atom is -0.142 e. The number of hydrogen-bond acceptors (Lipinski definition) is 2. The summed E-state index contributed by atoms with van der Waals surface area (Å²) in [6.45, 7) is 0. The Morgan fingerprint density at radius 1 is 0.636 bits per heavy atom. The van der Waals surface area contributed by atoms with Gasteiger partial charge in [-0.15, -0.1) is 12.6 Å². The summed E-state index contributed by atoms with van der Waals surface area (Å²) < 4.78 is 0. The normalized spacial score (nSPS) is 11.1. The largest absolute Gasteiger partial charge is 0.142 e. The lowest BCUT2D eigenvalue weighted by molar-refractivity contribution is 1.30. The van der Waals surface area contributed by atoms with Crippen molar-refractivity contribution in [3.63, 3.8) is 0 Å². The fourth-order valence-electron chi connectivity index (χ4n) is 2.68. The van der Waals surface area contributed by atoms with E-state index in [9.17, 15) is 0 Å². The average Bonchev–Trinajstić information content (AvgIpc) is 2.57. The molecule has 0 N–H and O–H groups in total. The Morgan fingerprint density at radius 3 is 2.18 bits per heavy atom. The zero-order valence-corrected chi connectivity index (χ0v) is 13.6. The quantitative estimate of drug-likeness (QED) is 0.415. The van der Waals surface area contributed by atoms with E-state index in [1.807, 2.05) is 0 Å². The van der Waals surface area contributed by atoms with Crippen LogP contribution in [0.5, 0.6) is 0 Å². The van der Waals surface area contributed by atoms with Crippen molar-refractivity contribution in [1.82, 2.24) is 0 Å².